The van der Waals surface area contributed by atoms with Gasteiger partial charge in [0.25, 0.3) is 0 Å². The van der Waals surface area contributed by atoms with Crippen molar-refractivity contribution in [2.24, 2.45) is 11.8 Å². The van der Waals surface area contributed by atoms with Gasteiger partial charge in [0.2, 0.25) is 0 Å². The van der Waals surface area contributed by atoms with E-state index < -0.39 is 5.60 Å². The van der Waals surface area contributed by atoms with Crippen molar-refractivity contribution >= 4 is 127 Å². The van der Waals surface area contributed by atoms with Crippen LogP contribution in [0.4, 0.5) is 4.79 Å². The number of thiophene rings is 2. The Labute approximate surface area is 337 Å². The number of allylic oxidation sites excluding steroid dienone is 2. The second-order valence-electron chi connectivity index (χ2n) is 12.4. The zero-order valence-electron chi connectivity index (χ0n) is 27.6. The molecule has 0 bridgehead atoms. The Bertz CT molecular complexity index is 1280. The molecular weight excluding hydrogens is 1190 g/mol. The summed E-state index contributed by atoms with van der Waals surface area (Å²) in [5.74, 6) is 0.776. The van der Waals surface area contributed by atoms with Gasteiger partial charge in [0, 0.05) is 71.9 Å². The average Bonchev–Trinajstić information content (AvgIpc) is 3.67. The standard InChI is InChI=1S/C19H27NO3S.C14H19NOS.I3.I2/c1-13(2)12-15-6-7-16(24-15)17(21)14-8-10-20(11-9-14)18(22)23-19(3,4)5;1-10(2)9-12-3-4-13(17-12)14(16)11-5-7-15-8-6-11;1-3-2;1-2/h6-7,12,14H,8-11H2,1-5H3;3-4,9,11,15H,5-8H2,1-2H3;;/q;;-1;. The van der Waals surface area contributed by atoms with Crippen molar-refractivity contribution in [1.82, 2.24) is 10.2 Å². The molecule has 2 aromatic rings. The van der Waals surface area contributed by atoms with Crippen molar-refractivity contribution in [2.45, 2.75) is 79.8 Å². The Kier molecular flexibility index (Phi) is 23.9. The minimum atomic E-state index is -0.484. The Hall–Kier alpha value is 1.10. The molecule has 46 heavy (non-hydrogen) atoms. The molecule has 6 nitrogen and oxygen atoms in total. The van der Waals surface area contributed by atoms with Crippen molar-refractivity contribution in [3.63, 3.8) is 0 Å². The topological polar surface area (TPSA) is 75.7 Å². The maximum absolute atomic E-state index is 12.7. The fourth-order valence-electron chi connectivity index (χ4n) is 4.83. The first-order valence-corrected chi connectivity index (χ1v) is 35.5. The average molecular weight is 1230 g/mol. The quantitative estimate of drug-likeness (QED) is 0.231. The van der Waals surface area contributed by atoms with Gasteiger partial charge in [-0.2, -0.15) is 0 Å². The molecular formula is C33H46I5N2O4S2-. The molecule has 0 saturated carbocycles. The number of halogens is 5. The molecule has 0 atom stereocenters. The van der Waals surface area contributed by atoms with E-state index in [1.54, 1.807) is 27.6 Å². The molecule has 1 N–H and O–H groups in total. The van der Waals surface area contributed by atoms with Crippen LogP contribution in [0.15, 0.2) is 35.4 Å². The van der Waals surface area contributed by atoms with E-state index in [1.807, 2.05) is 58.9 Å². The molecule has 260 valence electrons. The van der Waals surface area contributed by atoms with Crippen molar-refractivity contribution in [2.75, 3.05) is 26.2 Å². The van der Waals surface area contributed by atoms with Crippen LogP contribution in [0.25, 0.3) is 12.2 Å². The normalized spacial score (nSPS) is 15.2. The summed E-state index contributed by atoms with van der Waals surface area (Å²) in [6.07, 6.45) is 7.30. The second kappa shape index (κ2) is 24.3. The van der Waals surface area contributed by atoms with Gasteiger partial charge in [0.1, 0.15) is 5.60 Å². The van der Waals surface area contributed by atoms with Crippen LogP contribution < -0.4 is 18.6 Å². The number of Topliss-reactive ketones (excluding diaryl/α,β-unsaturated/α-hetero) is 2. The molecule has 4 rings (SSSR count). The number of hydrogen-bond donors (Lipinski definition) is 1. The number of nitrogens with one attached hydrogen (secondary N) is 1. The van der Waals surface area contributed by atoms with Crippen molar-refractivity contribution in [3.8, 4) is 0 Å². The van der Waals surface area contributed by atoms with Crippen LogP contribution in [0.5, 0.6) is 0 Å². The van der Waals surface area contributed by atoms with E-state index in [0.717, 1.165) is 40.6 Å². The Morgan fingerprint density at radius 3 is 1.57 bits per heavy atom. The number of ketones is 2. The Morgan fingerprint density at radius 2 is 1.20 bits per heavy atom. The third-order valence-corrected chi connectivity index (χ3v) is 8.92. The van der Waals surface area contributed by atoms with E-state index in [4.69, 9.17) is 4.74 Å². The summed E-state index contributed by atoms with van der Waals surface area (Å²) in [7, 11) is 0. The first kappa shape index (κ1) is 45.1. The molecule has 2 fully saturated rings. The van der Waals surface area contributed by atoms with Crippen LogP contribution in [0, 0.1) is 11.8 Å². The number of hydrogen-bond acceptors (Lipinski definition) is 7. The summed E-state index contributed by atoms with van der Waals surface area (Å²) < 4.78 is 5.40. The molecule has 13 heteroatoms. The summed E-state index contributed by atoms with van der Waals surface area (Å²) in [4.78, 5) is 42.7. The van der Waals surface area contributed by atoms with Crippen LogP contribution in [-0.2, 0) is 4.74 Å². The Morgan fingerprint density at radius 1 is 0.804 bits per heavy atom. The molecule has 2 aliphatic heterocycles. The number of amides is 1. The number of likely N-dealkylation sites (tertiary alicyclic amines) is 1. The zero-order valence-corrected chi connectivity index (χ0v) is 40.0. The van der Waals surface area contributed by atoms with Crippen LogP contribution >= 0.6 is 97.1 Å². The number of rotatable bonds is 6. The minimum absolute atomic E-state index is 0.00175. The summed E-state index contributed by atoms with van der Waals surface area (Å²) in [5.41, 5.74) is 2.01. The molecule has 0 aromatic carbocycles. The zero-order chi connectivity index (χ0) is 34.9. The summed E-state index contributed by atoms with van der Waals surface area (Å²) in [5, 5.41) is 3.29. The van der Waals surface area contributed by atoms with E-state index >= 15 is 0 Å². The first-order valence-electron chi connectivity index (χ1n) is 15.0. The number of carbonyl (C=O) groups is 3. The Balaban J connectivity index is 0.000000420. The second-order valence-corrected chi connectivity index (χ2v) is 30.9. The van der Waals surface area contributed by atoms with E-state index in [-0.39, 0.29) is 23.7 Å². The van der Waals surface area contributed by atoms with E-state index in [2.05, 4.69) is 106 Å². The van der Waals surface area contributed by atoms with Gasteiger partial charge in [-0.05, 0) is 124 Å². The fourth-order valence-corrected chi connectivity index (χ4v) is 7.01. The predicted molar refractivity (Wildman–Crippen MR) is 228 cm³/mol. The first-order chi connectivity index (χ1) is 21.7. The third kappa shape index (κ3) is 17.8. The summed E-state index contributed by atoms with van der Waals surface area (Å²) in [6.45, 7) is 17.0. The van der Waals surface area contributed by atoms with E-state index in [0.29, 0.717) is 45.0 Å². The maximum atomic E-state index is 12.7. The van der Waals surface area contributed by atoms with Crippen LogP contribution in [0.2, 0.25) is 0 Å². The van der Waals surface area contributed by atoms with Gasteiger partial charge in [-0.15, -0.1) is 22.7 Å². The van der Waals surface area contributed by atoms with Gasteiger partial charge < -0.3 is 15.0 Å². The van der Waals surface area contributed by atoms with Gasteiger partial charge in [-0.1, -0.05) is 11.1 Å². The van der Waals surface area contributed by atoms with Crippen LogP contribution in [0.1, 0.15) is 103 Å². The number of carbonyl (C=O) groups excluding carboxylic acids is 3. The molecule has 1 amide bonds. The van der Waals surface area contributed by atoms with Gasteiger partial charge >= 0.3 is 56.6 Å². The van der Waals surface area contributed by atoms with Gasteiger partial charge in [0.05, 0.1) is 9.75 Å². The third-order valence-electron chi connectivity index (χ3n) is 6.83. The molecule has 2 aliphatic rings. The van der Waals surface area contributed by atoms with Crippen LogP contribution in [0.3, 0.4) is 0 Å². The van der Waals surface area contributed by atoms with Gasteiger partial charge in [-0.3, -0.25) is 9.59 Å². The molecule has 2 saturated heterocycles. The molecule has 4 heterocycles. The fraction of sp³-hybridized carbons (Fsp3) is 0.545. The number of ether oxygens (including phenoxy) is 1. The van der Waals surface area contributed by atoms with E-state index in [1.165, 1.54) is 16.0 Å². The molecule has 0 unspecified atom stereocenters. The van der Waals surface area contributed by atoms with Gasteiger partial charge in [0.15, 0.2) is 11.6 Å². The SMILES string of the molecule is CC(C)=Cc1ccc(C(=O)C2CCN(C(=O)OC(C)(C)C)CC2)s1.CC(C)=Cc1ccc(C(=O)C2CCNCC2)s1.II.I[I-]I. The molecule has 0 aliphatic carbocycles. The van der Waals surface area contributed by atoms with Crippen molar-refractivity contribution in [3.05, 3.63) is 54.9 Å². The van der Waals surface area contributed by atoms with E-state index in [9.17, 15) is 14.4 Å². The van der Waals surface area contributed by atoms with Crippen molar-refractivity contribution in [1.29, 1.82) is 0 Å². The van der Waals surface area contributed by atoms with Crippen LogP contribution in [-0.4, -0.2) is 54.3 Å². The van der Waals surface area contributed by atoms with Crippen molar-refractivity contribution < 1.29 is 32.4 Å². The predicted octanol–water partition coefficient (Wildman–Crippen LogP) is 8.90. The molecule has 0 spiro atoms. The monoisotopic (exact) mass is 1230 g/mol. The number of piperidine rings is 2. The molecule has 0 radical (unpaired) electrons. The number of nitrogens with zero attached hydrogens (tertiary/aromatic N) is 1. The van der Waals surface area contributed by atoms with Gasteiger partial charge in [-0.25, -0.2) is 4.79 Å². The molecule has 2 aromatic heterocycles. The summed E-state index contributed by atoms with van der Waals surface area (Å²) in [6, 6.07) is 7.94. The summed E-state index contributed by atoms with van der Waals surface area (Å²) >= 11 is 12.7.